The Kier molecular flexibility index (Phi) is 7.55. The summed E-state index contributed by atoms with van der Waals surface area (Å²) in [4.78, 5) is 22.6. The Bertz CT molecular complexity index is 879. The first-order valence-electron chi connectivity index (χ1n) is 8.41. The van der Waals surface area contributed by atoms with Gasteiger partial charge in [-0.1, -0.05) is 37.4 Å². The second kappa shape index (κ2) is 10.3. The van der Waals surface area contributed by atoms with Crippen molar-refractivity contribution >= 4 is 11.9 Å². The lowest BCUT2D eigenvalue weighted by Crippen LogP contribution is -2.30. The highest BCUT2D eigenvalue weighted by Crippen LogP contribution is 2.23. The second-order valence-electron chi connectivity index (χ2n) is 5.62. The molecule has 2 aromatic carbocycles. The summed E-state index contributed by atoms with van der Waals surface area (Å²) < 4.78 is 15.7. The maximum atomic E-state index is 11.4. The van der Waals surface area contributed by atoms with Crippen LogP contribution in [0, 0.1) is 11.3 Å². The molecule has 142 valence electrons. The van der Waals surface area contributed by atoms with Crippen molar-refractivity contribution in [2.24, 2.45) is 0 Å². The summed E-state index contributed by atoms with van der Waals surface area (Å²) >= 11 is 0. The predicted octanol–water partition coefficient (Wildman–Crippen LogP) is 3.43. The van der Waals surface area contributed by atoms with Crippen molar-refractivity contribution in [1.82, 2.24) is 0 Å². The number of esters is 2. The molecule has 0 saturated heterocycles. The Morgan fingerprint density at radius 1 is 0.929 bits per heavy atom. The van der Waals surface area contributed by atoms with Gasteiger partial charge >= 0.3 is 11.9 Å². The van der Waals surface area contributed by atoms with Crippen LogP contribution >= 0.6 is 0 Å². The fourth-order valence-electron chi connectivity index (χ4n) is 2.23. The van der Waals surface area contributed by atoms with Crippen LogP contribution in [0.4, 0.5) is 0 Å². The maximum absolute atomic E-state index is 11.4. The van der Waals surface area contributed by atoms with Gasteiger partial charge in [0.2, 0.25) is 0 Å². The number of nitrogens with zero attached hydrogens (tertiary/aromatic N) is 1. The van der Waals surface area contributed by atoms with Gasteiger partial charge in [-0.15, -0.1) is 0 Å². The van der Waals surface area contributed by atoms with Gasteiger partial charge in [-0.3, -0.25) is 0 Å². The molecule has 0 fully saturated rings. The van der Waals surface area contributed by atoms with Gasteiger partial charge in [-0.2, -0.15) is 5.26 Å². The van der Waals surface area contributed by atoms with E-state index in [4.69, 9.17) is 19.5 Å². The summed E-state index contributed by atoms with van der Waals surface area (Å²) in [6.07, 6.45) is 1.26. The molecule has 1 unspecified atom stereocenters. The van der Waals surface area contributed by atoms with E-state index in [2.05, 4.69) is 19.2 Å². The molecule has 0 spiro atoms. The number of ether oxygens (including phenoxy) is 3. The van der Waals surface area contributed by atoms with E-state index in [1.54, 1.807) is 24.3 Å². The summed E-state index contributed by atoms with van der Waals surface area (Å²) in [5, 5.41) is 8.86. The first-order valence-corrected chi connectivity index (χ1v) is 8.41. The topological polar surface area (TPSA) is 85.6 Å². The molecule has 0 N–H and O–H groups in total. The standard InChI is InChI=1S/C22H19NO5/c1-3-21(24)27-15-20(28-22(25)4-2)14-26-19-11-9-18(10-12-19)17-7-5-16(13-23)6-8-17/h3-12,20H,1-2,14-15H2. The average molecular weight is 377 g/mol. The third-order valence-corrected chi connectivity index (χ3v) is 3.67. The van der Waals surface area contributed by atoms with E-state index in [0.29, 0.717) is 11.3 Å². The number of carbonyl (C=O) groups is 2. The molecule has 6 nitrogen and oxygen atoms in total. The molecule has 2 aromatic rings. The molecular weight excluding hydrogens is 358 g/mol. The fraction of sp³-hybridized carbons (Fsp3) is 0.136. The molecule has 0 aliphatic carbocycles. The molecular formula is C22H19NO5. The van der Waals surface area contributed by atoms with E-state index in [1.807, 2.05) is 24.3 Å². The van der Waals surface area contributed by atoms with E-state index in [0.717, 1.165) is 23.3 Å². The quantitative estimate of drug-likeness (QED) is 0.492. The van der Waals surface area contributed by atoms with Gasteiger partial charge in [0.1, 0.15) is 19.0 Å². The lowest BCUT2D eigenvalue weighted by molar-refractivity contribution is -0.154. The Labute approximate surface area is 163 Å². The highest BCUT2D eigenvalue weighted by molar-refractivity contribution is 5.82. The molecule has 0 bridgehead atoms. The van der Waals surface area contributed by atoms with Crippen molar-refractivity contribution in [3.8, 4) is 22.9 Å². The van der Waals surface area contributed by atoms with Crippen LogP contribution in [0.1, 0.15) is 5.56 Å². The van der Waals surface area contributed by atoms with Crippen molar-refractivity contribution < 1.29 is 23.8 Å². The van der Waals surface area contributed by atoms with Crippen LogP contribution in [0.25, 0.3) is 11.1 Å². The van der Waals surface area contributed by atoms with Crippen molar-refractivity contribution in [2.45, 2.75) is 6.10 Å². The van der Waals surface area contributed by atoms with E-state index in [1.165, 1.54) is 0 Å². The Hall–Kier alpha value is -3.85. The van der Waals surface area contributed by atoms with Crippen molar-refractivity contribution in [3.63, 3.8) is 0 Å². The molecule has 0 amide bonds. The molecule has 0 aromatic heterocycles. The molecule has 1 atom stereocenters. The molecule has 6 heteroatoms. The van der Waals surface area contributed by atoms with Crippen LogP contribution < -0.4 is 4.74 Å². The molecule has 2 rings (SSSR count). The van der Waals surface area contributed by atoms with Gasteiger partial charge in [0, 0.05) is 12.2 Å². The summed E-state index contributed by atoms with van der Waals surface area (Å²) in [7, 11) is 0. The van der Waals surface area contributed by atoms with E-state index < -0.39 is 18.0 Å². The minimum absolute atomic E-state index is 0.000214. The summed E-state index contributed by atoms with van der Waals surface area (Å²) in [6, 6.07) is 16.6. The number of rotatable bonds is 9. The van der Waals surface area contributed by atoms with Crippen molar-refractivity contribution in [2.75, 3.05) is 13.2 Å². The lowest BCUT2D eigenvalue weighted by Gasteiger charge is -2.17. The molecule has 0 aliphatic heterocycles. The SMILES string of the molecule is C=CC(=O)OCC(COc1ccc(-c2ccc(C#N)cc2)cc1)OC(=O)C=C. The van der Waals surface area contributed by atoms with Crippen LogP contribution in [0.3, 0.4) is 0 Å². The van der Waals surface area contributed by atoms with E-state index in [9.17, 15) is 9.59 Å². The Morgan fingerprint density at radius 3 is 2.04 bits per heavy atom. The highest BCUT2D eigenvalue weighted by Gasteiger charge is 2.16. The predicted molar refractivity (Wildman–Crippen MR) is 103 cm³/mol. The summed E-state index contributed by atoms with van der Waals surface area (Å²) in [5.41, 5.74) is 2.53. The van der Waals surface area contributed by atoms with Crippen LogP contribution in [0.15, 0.2) is 73.8 Å². The van der Waals surface area contributed by atoms with Crippen molar-refractivity contribution in [1.29, 1.82) is 5.26 Å². The highest BCUT2D eigenvalue weighted by atomic mass is 16.6. The molecule has 0 aliphatic rings. The lowest BCUT2D eigenvalue weighted by atomic mass is 10.0. The number of hydrogen-bond acceptors (Lipinski definition) is 6. The number of carbonyl (C=O) groups excluding carboxylic acids is 2. The molecule has 0 radical (unpaired) electrons. The maximum Gasteiger partial charge on any atom is 0.330 e. The monoisotopic (exact) mass is 377 g/mol. The smallest absolute Gasteiger partial charge is 0.330 e. The van der Waals surface area contributed by atoms with Gasteiger partial charge in [0.25, 0.3) is 0 Å². The minimum atomic E-state index is -0.785. The van der Waals surface area contributed by atoms with Crippen LogP contribution in [0.2, 0.25) is 0 Å². The van der Waals surface area contributed by atoms with Gasteiger partial charge in [0.15, 0.2) is 6.10 Å². The zero-order valence-electron chi connectivity index (χ0n) is 15.2. The number of benzene rings is 2. The van der Waals surface area contributed by atoms with Gasteiger partial charge in [-0.25, -0.2) is 9.59 Å². The van der Waals surface area contributed by atoms with E-state index >= 15 is 0 Å². The second-order valence-corrected chi connectivity index (χ2v) is 5.62. The molecule has 0 heterocycles. The average Bonchev–Trinajstić information content (AvgIpc) is 2.75. The zero-order chi connectivity index (χ0) is 20.4. The van der Waals surface area contributed by atoms with Gasteiger partial charge in [-0.05, 0) is 35.4 Å². The largest absolute Gasteiger partial charge is 0.490 e. The van der Waals surface area contributed by atoms with Crippen molar-refractivity contribution in [3.05, 3.63) is 79.4 Å². The first kappa shape index (κ1) is 20.5. The summed E-state index contributed by atoms with van der Waals surface area (Å²) in [6.45, 7) is 6.48. The third-order valence-electron chi connectivity index (χ3n) is 3.67. The third kappa shape index (κ3) is 6.15. The van der Waals surface area contributed by atoms with Crippen LogP contribution in [-0.2, 0) is 19.1 Å². The summed E-state index contributed by atoms with van der Waals surface area (Å²) in [5.74, 6) is -0.696. The van der Waals surface area contributed by atoms with Crippen LogP contribution in [-0.4, -0.2) is 31.3 Å². The zero-order valence-corrected chi connectivity index (χ0v) is 15.2. The van der Waals surface area contributed by atoms with Gasteiger partial charge in [0.05, 0.1) is 11.6 Å². The fourth-order valence-corrected chi connectivity index (χ4v) is 2.23. The minimum Gasteiger partial charge on any atom is -0.490 e. The van der Waals surface area contributed by atoms with Crippen LogP contribution in [0.5, 0.6) is 5.75 Å². The molecule has 0 saturated carbocycles. The van der Waals surface area contributed by atoms with E-state index in [-0.39, 0.29) is 13.2 Å². The Balaban J connectivity index is 1.98. The number of nitriles is 1. The molecule has 28 heavy (non-hydrogen) atoms. The van der Waals surface area contributed by atoms with Gasteiger partial charge < -0.3 is 14.2 Å². The first-order chi connectivity index (χ1) is 13.5. The number of hydrogen-bond donors (Lipinski definition) is 0. The Morgan fingerprint density at radius 2 is 1.50 bits per heavy atom. The normalized spacial score (nSPS) is 10.8.